The number of aliphatic hydroxyl groups excluding tert-OH is 1. The van der Waals surface area contributed by atoms with Gasteiger partial charge in [-0.15, -0.1) is 0 Å². The third-order valence-electron chi connectivity index (χ3n) is 3.50. The van der Waals surface area contributed by atoms with Crippen LogP contribution in [-0.4, -0.2) is 48.5 Å². The van der Waals surface area contributed by atoms with Crippen LogP contribution in [0.25, 0.3) is 0 Å². The van der Waals surface area contributed by atoms with Gasteiger partial charge in [0.05, 0.1) is 25.4 Å². The average Bonchev–Trinajstić information content (AvgIpc) is 2.74. The van der Waals surface area contributed by atoms with Crippen molar-refractivity contribution in [1.29, 1.82) is 0 Å². The fourth-order valence-corrected chi connectivity index (χ4v) is 2.69. The number of nitrogens with zero attached hydrogens (tertiary/aromatic N) is 1. The monoisotopic (exact) mass is 199 g/mol. The molecule has 2 aliphatic rings. The van der Waals surface area contributed by atoms with Gasteiger partial charge in [-0.1, -0.05) is 13.3 Å². The molecule has 2 rings (SSSR count). The second-order valence-electron chi connectivity index (χ2n) is 4.61. The van der Waals surface area contributed by atoms with Gasteiger partial charge in [0.2, 0.25) is 0 Å². The summed E-state index contributed by atoms with van der Waals surface area (Å²) in [5.74, 6) is 0.854. The highest BCUT2D eigenvalue weighted by molar-refractivity contribution is 4.88. The molecule has 2 aliphatic heterocycles. The van der Waals surface area contributed by atoms with Crippen molar-refractivity contribution in [3.8, 4) is 0 Å². The third-order valence-corrected chi connectivity index (χ3v) is 3.50. The quantitative estimate of drug-likeness (QED) is 0.732. The predicted molar refractivity (Wildman–Crippen MR) is 55.2 cm³/mol. The molecule has 0 bridgehead atoms. The van der Waals surface area contributed by atoms with Crippen LogP contribution in [0.1, 0.15) is 26.2 Å². The Hall–Kier alpha value is -0.120. The van der Waals surface area contributed by atoms with Crippen LogP contribution in [0.2, 0.25) is 0 Å². The smallest absolute Gasteiger partial charge is 0.0950 e. The molecule has 0 aliphatic carbocycles. The van der Waals surface area contributed by atoms with Gasteiger partial charge in [0.15, 0.2) is 0 Å². The van der Waals surface area contributed by atoms with Crippen LogP contribution < -0.4 is 0 Å². The highest BCUT2D eigenvalue weighted by Crippen LogP contribution is 2.25. The first-order chi connectivity index (χ1) is 6.81. The highest BCUT2D eigenvalue weighted by Gasteiger charge is 2.35. The van der Waals surface area contributed by atoms with Gasteiger partial charge in [-0.3, -0.25) is 4.90 Å². The molecule has 14 heavy (non-hydrogen) atoms. The molecular formula is C11H21NO2. The maximum Gasteiger partial charge on any atom is 0.0950 e. The fraction of sp³-hybridized carbons (Fsp3) is 1.00. The van der Waals surface area contributed by atoms with E-state index in [2.05, 4.69) is 11.8 Å². The lowest BCUT2D eigenvalue weighted by molar-refractivity contribution is 0.0928. The van der Waals surface area contributed by atoms with Crippen molar-refractivity contribution >= 4 is 0 Å². The van der Waals surface area contributed by atoms with Crippen molar-refractivity contribution in [1.82, 2.24) is 4.90 Å². The summed E-state index contributed by atoms with van der Waals surface area (Å²) in [6.45, 7) is 5.81. The van der Waals surface area contributed by atoms with Gasteiger partial charge >= 0.3 is 0 Å². The summed E-state index contributed by atoms with van der Waals surface area (Å²) in [5.41, 5.74) is 0. The first-order valence-corrected chi connectivity index (χ1v) is 5.81. The molecule has 3 atom stereocenters. The van der Waals surface area contributed by atoms with E-state index < -0.39 is 0 Å². The lowest BCUT2D eigenvalue weighted by Gasteiger charge is -2.24. The summed E-state index contributed by atoms with van der Waals surface area (Å²) in [6.07, 6.45) is 3.66. The van der Waals surface area contributed by atoms with E-state index in [1.165, 1.54) is 25.8 Å². The number of rotatable bonds is 3. The summed E-state index contributed by atoms with van der Waals surface area (Å²) in [7, 11) is 0. The van der Waals surface area contributed by atoms with E-state index in [0.29, 0.717) is 6.61 Å². The average molecular weight is 199 g/mol. The first-order valence-electron chi connectivity index (χ1n) is 5.81. The zero-order chi connectivity index (χ0) is 9.97. The van der Waals surface area contributed by atoms with Crippen LogP contribution in [0.3, 0.4) is 0 Å². The van der Waals surface area contributed by atoms with Crippen LogP contribution in [0.4, 0.5) is 0 Å². The van der Waals surface area contributed by atoms with Crippen molar-refractivity contribution < 1.29 is 9.84 Å². The minimum Gasteiger partial charge on any atom is -0.389 e. The Morgan fingerprint density at radius 2 is 2.29 bits per heavy atom. The van der Waals surface area contributed by atoms with E-state index >= 15 is 0 Å². The molecule has 1 N–H and O–H groups in total. The molecule has 82 valence electrons. The molecule has 2 saturated heterocycles. The summed E-state index contributed by atoms with van der Waals surface area (Å²) in [6, 6.07) is 0.275. The standard InChI is InChI=1S/C11H21NO2/c1-2-3-9-4-5-12(6-9)10-7-14-8-11(10)13/h9-11,13H,2-8H2,1H3. The minimum absolute atomic E-state index is 0.254. The molecule has 0 spiro atoms. The molecule has 2 heterocycles. The summed E-state index contributed by atoms with van der Waals surface area (Å²) < 4.78 is 5.29. The molecule has 2 fully saturated rings. The van der Waals surface area contributed by atoms with Crippen LogP contribution in [0.5, 0.6) is 0 Å². The third kappa shape index (κ3) is 2.10. The Labute approximate surface area is 86.0 Å². The fourth-order valence-electron chi connectivity index (χ4n) is 2.69. The summed E-state index contributed by atoms with van der Waals surface area (Å²) in [4.78, 5) is 2.41. The van der Waals surface area contributed by atoms with Gasteiger partial charge in [0.1, 0.15) is 0 Å². The van der Waals surface area contributed by atoms with Crippen LogP contribution in [0, 0.1) is 5.92 Å². The maximum atomic E-state index is 9.70. The van der Waals surface area contributed by atoms with E-state index in [-0.39, 0.29) is 12.1 Å². The Bertz CT molecular complexity index is 186. The van der Waals surface area contributed by atoms with E-state index in [1.807, 2.05) is 0 Å². The molecule has 3 nitrogen and oxygen atoms in total. The van der Waals surface area contributed by atoms with Crippen LogP contribution in [-0.2, 0) is 4.74 Å². The molecule has 0 aromatic heterocycles. The summed E-state index contributed by atoms with van der Waals surface area (Å²) in [5, 5.41) is 9.70. The largest absolute Gasteiger partial charge is 0.389 e. The van der Waals surface area contributed by atoms with Crippen LogP contribution >= 0.6 is 0 Å². The molecular weight excluding hydrogens is 178 g/mol. The van der Waals surface area contributed by atoms with Gasteiger partial charge in [0, 0.05) is 6.54 Å². The first kappa shape index (κ1) is 10.4. The van der Waals surface area contributed by atoms with Crippen LogP contribution in [0.15, 0.2) is 0 Å². The second kappa shape index (κ2) is 4.60. The van der Waals surface area contributed by atoms with E-state index in [9.17, 15) is 5.11 Å². The Morgan fingerprint density at radius 3 is 2.93 bits per heavy atom. The minimum atomic E-state index is -0.254. The van der Waals surface area contributed by atoms with Crippen molar-refractivity contribution in [2.45, 2.75) is 38.3 Å². The SMILES string of the molecule is CCCC1CCN(C2COCC2O)C1. The second-order valence-corrected chi connectivity index (χ2v) is 4.61. The summed E-state index contributed by atoms with van der Waals surface area (Å²) >= 11 is 0. The molecule has 3 heteroatoms. The lowest BCUT2D eigenvalue weighted by atomic mass is 10.0. The van der Waals surface area contributed by atoms with E-state index in [4.69, 9.17) is 4.74 Å². The number of hydrogen-bond acceptors (Lipinski definition) is 3. The molecule has 0 aromatic carbocycles. The maximum absolute atomic E-state index is 9.70. The Morgan fingerprint density at radius 1 is 1.43 bits per heavy atom. The normalized spacial score (nSPS) is 39.4. The number of aliphatic hydroxyl groups is 1. The van der Waals surface area contributed by atoms with Gasteiger partial charge < -0.3 is 9.84 Å². The molecule has 0 radical (unpaired) electrons. The van der Waals surface area contributed by atoms with Crippen molar-refractivity contribution in [2.75, 3.05) is 26.3 Å². The Balaban J connectivity index is 1.82. The van der Waals surface area contributed by atoms with Crippen molar-refractivity contribution in [3.63, 3.8) is 0 Å². The molecule has 0 aromatic rings. The van der Waals surface area contributed by atoms with Gasteiger partial charge in [-0.05, 0) is 25.3 Å². The van der Waals surface area contributed by atoms with Gasteiger partial charge in [0.25, 0.3) is 0 Å². The highest BCUT2D eigenvalue weighted by atomic mass is 16.5. The molecule has 0 saturated carbocycles. The number of hydrogen-bond donors (Lipinski definition) is 1. The molecule has 0 amide bonds. The zero-order valence-corrected chi connectivity index (χ0v) is 8.98. The predicted octanol–water partition coefficient (Wildman–Crippen LogP) is 0.868. The van der Waals surface area contributed by atoms with Gasteiger partial charge in [-0.25, -0.2) is 0 Å². The topological polar surface area (TPSA) is 32.7 Å². The number of ether oxygens (including phenoxy) is 1. The van der Waals surface area contributed by atoms with E-state index in [0.717, 1.165) is 19.1 Å². The van der Waals surface area contributed by atoms with Crippen molar-refractivity contribution in [2.24, 2.45) is 5.92 Å². The zero-order valence-electron chi connectivity index (χ0n) is 8.98. The number of likely N-dealkylation sites (tertiary alicyclic amines) is 1. The lowest BCUT2D eigenvalue weighted by Crippen LogP contribution is -2.41. The van der Waals surface area contributed by atoms with Crippen molar-refractivity contribution in [3.05, 3.63) is 0 Å². The molecule has 3 unspecified atom stereocenters. The van der Waals surface area contributed by atoms with E-state index in [1.54, 1.807) is 0 Å². The van der Waals surface area contributed by atoms with Gasteiger partial charge in [-0.2, -0.15) is 0 Å². The Kier molecular flexibility index (Phi) is 3.42.